The smallest absolute Gasteiger partial charge is 0.335 e. The molecular weight excluding hydrogens is 384 g/mol. The summed E-state index contributed by atoms with van der Waals surface area (Å²) in [6.07, 6.45) is 7.04. The van der Waals surface area contributed by atoms with E-state index in [0.29, 0.717) is 25.9 Å². The van der Waals surface area contributed by atoms with Gasteiger partial charge in [0.2, 0.25) is 11.8 Å². The second kappa shape index (κ2) is 9.74. The Morgan fingerprint density at radius 1 is 1.33 bits per heavy atom. The number of likely N-dealkylation sites (N-methyl/N-ethyl adjacent to an activating group) is 1. The maximum absolute atomic E-state index is 12.9. The highest BCUT2D eigenvalue weighted by Gasteiger charge is 2.44. The van der Waals surface area contributed by atoms with Crippen molar-refractivity contribution in [2.24, 2.45) is 0 Å². The normalized spacial score (nSPS) is 24.4. The molecular formula is C22H28N4O4. The fourth-order valence-corrected chi connectivity index (χ4v) is 4.35. The van der Waals surface area contributed by atoms with E-state index in [9.17, 15) is 14.4 Å². The molecule has 1 aromatic carbocycles. The largest absolute Gasteiger partial charge is 0.478 e. The summed E-state index contributed by atoms with van der Waals surface area (Å²) in [5, 5.41) is 14.8. The van der Waals surface area contributed by atoms with Crippen LogP contribution in [0.2, 0.25) is 0 Å². The Kier molecular flexibility index (Phi) is 7.08. The highest BCUT2D eigenvalue weighted by atomic mass is 16.4. The van der Waals surface area contributed by atoms with Crippen LogP contribution in [0.4, 0.5) is 0 Å². The van der Waals surface area contributed by atoms with Gasteiger partial charge in [-0.05, 0) is 37.6 Å². The van der Waals surface area contributed by atoms with E-state index >= 15 is 0 Å². The number of carboxylic acid groups (broad SMARTS) is 1. The van der Waals surface area contributed by atoms with E-state index in [1.807, 2.05) is 7.05 Å². The van der Waals surface area contributed by atoms with Crippen LogP contribution in [0.5, 0.6) is 0 Å². The summed E-state index contributed by atoms with van der Waals surface area (Å²) in [5.41, 5.74) is 1.22. The van der Waals surface area contributed by atoms with Gasteiger partial charge >= 0.3 is 5.97 Å². The third-order valence-electron chi connectivity index (χ3n) is 6.03. The van der Waals surface area contributed by atoms with Crippen molar-refractivity contribution < 1.29 is 19.5 Å². The Bertz CT molecular complexity index is 833. The van der Waals surface area contributed by atoms with Crippen molar-refractivity contribution in [1.82, 2.24) is 20.4 Å². The second-order valence-electron chi connectivity index (χ2n) is 7.86. The van der Waals surface area contributed by atoms with Crippen LogP contribution in [0.1, 0.15) is 35.2 Å². The average molecular weight is 412 g/mol. The predicted octanol–water partition coefficient (Wildman–Crippen LogP) is 0.288. The summed E-state index contributed by atoms with van der Waals surface area (Å²) in [6, 6.07) is 6.66. The van der Waals surface area contributed by atoms with Crippen molar-refractivity contribution >= 4 is 17.8 Å². The number of hydrogen-bond donors (Lipinski definition) is 3. The molecule has 0 aromatic heterocycles. The lowest BCUT2D eigenvalue weighted by atomic mass is 10.0. The van der Waals surface area contributed by atoms with Gasteiger partial charge in [0.15, 0.2) is 0 Å². The Hall–Kier alpha value is -2.89. The summed E-state index contributed by atoms with van der Waals surface area (Å²) in [5.74, 6) is 1.37. The monoisotopic (exact) mass is 412 g/mol. The lowest BCUT2D eigenvalue weighted by Gasteiger charge is -2.33. The van der Waals surface area contributed by atoms with E-state index < -0.39 is 5.97 Å². The molecule has 3 N–H and O–H groups in total. The van der Waals surface area contributed by atoms with Gasteiger partial charge in [-0.3, -0.25) is 19.4 Å². The molecule has 0 unspecified atom stereocenters. The van der Waals surface area contributed by atoms with Crippen molar-refractivity contribution in [3.05, 3.63) is 35.4 Å². The molecule has 3 rings (SSSR count). The number of rotatable bonds is 7. The van der Waals surface area contributed by atoms with Gasteiger partial charge in [-0.25, -0.2) is 4.79 Å². The molecule has 0 spiro atoms. The van der Waals surface area contributed by atoms with Crippen LogP contribution < -0.4 is 10.6 Å². The van der Waals surface area contributed by atoms with E-state index in [1.54, 1.807) is 24.3 Å². The molecule has 0 aliphatic carbocycles. The molecule has 2 saturated heterocycles. The number of hydrogen-bond acceptors (Lipinski definition) is 5. The summed E-state index contributed by atoms with van der Waals surface area (Å²) in [6.45, 7) is 2.10. The zero-order valence-electron chi connectivity index (χ0n) is 17.1. The first kappa shape index (κ1) is 21.8. The molecule has 160 valence electrons. The molecule has 2 aliphatic heterocycles. The topological polar surface area (TPSA) is 102 Å². The molecule has 30 heavy (non-hydrogen) atoms. The highest BCUT2D eigenvalue weighted by molar-refractivity contribution is 5.87. The van der Waals surface area contributed by atoms with Gasteiger partial charge < -0.3 is 15.7 Å². The molecule has 8 nitrogen and oxygen atoms in total. The lowest BCUT2D eigenvalue weighted by molar-refractivity contribution is -0.126. The lowest BCUT2D eigenvalue weighted by Crippen LogP contribution is -2.49. The van der Waals surface area contributed by atoms with Crippen LogP contribution in [0.15, 0.2) is 24.3 Å². The molecule has 8 heteroatoms. The fourth-order valence-electron chi connectivity index (χ4n) is 4.35. The Labute approximate surface area is 176 Å². The number of carboxylic acids is 1. The Morgan fingerprint density at radius 3 is 2.73 bits per heavy atom. The van der Waals surface area contributed by atoms with Crippen LogP contribution >= 0.6 is 0 Å². The van der Waals surface area contributed by atoms with Crippen molar-refractivity contribution in [3.8, 4) is 12.3 Å². The van der Waals surface area contributed by atoms with Gasteiger partial charge in [-0.2, -0.15) is 0 Å². The van der Waals surface area contributed by atoms with Gasteiger partial charge in [-0.15, -0.1) is 6.42 Å². The second-order valence-corrected chi connectivity index (χ2v) is 7.86. The summed E-state index contributed by atoms with van der Waals surface area (Å²) in [4.78, 5) is 40.2. The van der Waals surface area contributed by atoms with Gasteiger partial charge in [-0.1, -0.05) is 18.1 Å². The molecule has 2 heterocycles. The summed E-state index contributed by atoms with van der Waals surface area (Å²) in [7, 11) is 2.02. The predicted molar refractivity (Wildman–Crippen MR) is 112 cm³/mol. The molecule has 3 atom stereocenters. The molecule has 2 amide bonds. The number of amides is 2. The number of nitrogens with one attached hydrogen (secondary N) is 2. The van der Waals surface area contributed by atoms with Crippen LogP contribution in [0.25, 0.3) is 0 Å². The van der Waals surface area contributed by atoms with E-state index in [0.717, 1.165) is 18.5 Å². The van der Waals surface area contributed by atoms with Crippen molar-refractivity contribution in [3.63, 3.8) is 0 Å². The molecule has 0 radical (unpaired) electrons. The van der Waals surface area contributed by atoms with Gasteiger partial charge in [0.25, 0.3) is 0 Å². The number of benzene rings is 1. The average Bonchev–Trinajstić information content (AvgIpc) is 3.10. The Morgan fingerprint density at radius 2 is 2.07 bits per heavy atom. The van der Waals surface area contributed by atoms with E-state index in [2.05, 4.69) is 26.4 Å². The van der Waals surface area contributed by atoms with Crippen LogP contribution in [0, 0.1) is 12.3 Å². The SMILES string of the molecule is C#CCNC(=O)CC[C@H]1CNC(=O)[C@@H]2[C@H](CCN2Cc2ccc(C(=O)O)cc2)N1C. The zero-order valence-corrected chi connectivity index (χ0v) is 17.1. The first-order chi connectivity index (χ1) is 14.4. The van der Waals surface area contributed by atoms with Gasteiger partial charge in [0.1, 0.15) is 6.04 Å². The number of likely N-dealkylation sites (tertiary alicyclic amines) is 1. The van der Waals surface area contributed by atoms with Crippen molar-refractivity contribution in [1.29, 1.82) is 0 Å². The minimum absolute atomic E-state index is 0.00536. The van der Waals surface area contributed by atoms with Gasteiger partial charge in [0, 0.05) is 38.1 Å². The summed E-state index contributed by atoms with van der Waals surface area (Å²) < 4.78 is 0. The molecule has 2 aliphatic rings. The fraction of sp³-hybridized carbons (Fsp3) is 0.500. The number of nitrogens with zero attached hydrogens (tertiary/aromatic N) is 2. The Balaban J connectivity index is 1.64. The number of carbonyl (C=O) groups is 3. The molecule has 0 saturated carbocycles. The van der Waals surface area contributed by atoms with E-state index in [4.69, 9.17) is 11.5 Å². The molecule has 2 fully saturated rings. The standard InChI is InChI=1S/C22H28N4O4/c1-3-11-23-19(27)9-8-17-13-24-21(28)20-18(25(17)2)10-12-26(20)14-15-4-6-16(7-5-15)22(29)30/h1,4-7,17-18,20H,8-14H2,2H3,(H,23,27)(H,24,28)(H,29,30)/t17-,18-,20-/m0/s1. The third kappa shape index (κ3) is 4.99. The van der Waals surface area contributed by atoms with Gasteiger partial charge in [0.05, 0.1) is 12.1 Å². The van der Waals surface area contributed by atoms with Crippen molar-refractivity contribution in [2.45, 2.75) is 43.9 Å². The van der Waals surface area contributed by atoms with Crippen LogP contribution in [-0.4, -0.2) is 77.5 Å². The quantitative estimate of drug-likeness (QED) is 0.557. The molecule has 0 bridgehead atoms. The highest BCUT2D eigenvalue weighted by Crippen LogP contribution is 2.28. The van der Waals surface area contributed by atoms with Crippen molar-refractivity contribution in [2.75, 3.05) is 26.7 Å². The van der Waals surface area contributed by atoms with Crippen LogP contribution in [0.3, 0.4) is 0 Å². The minimum atomic E-state index is -0.952. The van der Waals surface area contributed by atoms with E-state index in [-0.39, 0.29) is 42.0 Å². The first-order valence-electron chi connectivity index (χ1n) is 10.2. The molecule has 1 aromatic rings. The maximum atomic E-state index is 12.9. The maximum Gasteiger partial charge on any atom is 0.335 e. The number of aromatic carboxylic acids is 1. The first-order valence-corrected chi connectivity index (χ1v) is 10.2. The number of terminal acetylenes is 1. The van der Waals surface area contributed by atoms with Crippen LogP contribution in [-0.2, 0) is 16.1 Å². The minimum Gasteiger partial charge on any atom is -0.478 e. The van der Waals surface area contributed by atoms with E-state index in [1.165, 1.54) is 0 Å². The number of fused-ring (bicyclic) bond motifs is 1. The summed E-state index contributed by atoms with van der Waals surface area (Å²) >= 11 is 0. The zero-order chi connectivity index (χ0) is 21.7. The third-order valence-corrected chi connectivity index (χ3v) is 6.03. The number of carbonyl (C=O) groups excluding carboxylic acids is 2.